The predicted molar refractivity (Wildman–Crippen MR) is 39.9 cm³/mol. The van der Waals surface area contributed by atoms with Crippen molar-refractivity contribution < 1.29 is 0 Å². The van der Waals surface area contributed by atoms with Crippen molar-refractivity contribution >= 4 is 27.3 Å². The van der Waals surface area contributed by atoms with E-state index in [2.05, 4.69) is 15.9 Å². The Morgan fingerprint density at radius 3 is 2.75 bits per heavy atom. The summed E-state index contributed by atoms with van der Waals surface area (Å²) in [7, 11) is 0. The Bertz CT molecular complexity index is 173. The van der Waals surface area contributed by atoms with Gasteiger partial charge in [-0.3, -0.25) is 0 Å². The standard InChI is InChI=1S/C5H6BrNS/c6-4-1-5(2-7)8-3-4/h1,3H,2,7H2. The van der Waals surface area contributed by atoms with Crippen molar-refractivity contribution in [2.24, 2.45) is 5.73 Å². The Kier molecular flexibility index (Phi) is 2.05. The molecule has 1 heterocycles. The van der Waals surface area contributed by atoms with Gasteiger partial charge in [0.1, 0.15) is 0 Å². The van der Waals surface area contributed by atoms with Crippen LogP contribution < -0.4 is 5.73 Å². The van der Waals surface area contributed by atoms with Crippen LogP contribution in [0.15, 0.2) is 15.9 Å². The van der Waals surface area contributed by atoms with E-state index in [0.29, 0.717) is 6.54 Å². The van der Waals surface area contributed by atoms with Crippen molar-refractivity contribution in [2.45, 2.75) is 6.54 Å². The van der Waals surface area contributed by atoms with Crippen LogP contribution in [0.3, 0.4) is 0 Å². The highest BCUT2D eigenvalue weighted by Crippen LogP contribution is 2.18. The molecule has 1 aromatic rings. The molecule has 3 heteroatoms. The molecular formula is C5H6BrNS. The lowest BCUT2D eigenvalue weighted by Crippen LogP contribution is -1.91. The van der Waals surface area contributed by atoms with E-state index in [1.807, 2.05) is 11.4 Å². The van der Waals surface area contributed by atoms with Gasteiger partial charge >= 0.3 is 0 Å². The molecule has 0 aliphatic heterocycles. The zero-order chi connectivity index (χ0) is 5.98. The van der Waals surface area contributed by atoms with Crippen LogP contribution in [0.25, 0.3) is 0 Å². The third kappa shape index (κ3) is 1.31. The second kappa shape index (κ2) is 2.62. The number of nitrogens with two attached hydrogens (primary N) is 1. The summed E-state index contributed by atoms with van der Waals surface area (Å²) in [6, 6.07) is 2.03. The summed E-state index contributed by atoms with van der Waals surface area (Å²) in [6.07, 6.45) is 0. The minimum Gasteiger partial charge on any atom is -0.326 e. The third-order valence-electron chi connectivity index (χ3n) is 0.823. The number of rotatable bonds is 1. The summed E-state index contributed by atoms with van der Waals surface area (Å²) < 4.78 is 1.13. The SMILES string of the molecule is NCc1cc(Br)cs1. The smallest absolute Gasteiger partial charge is 0.0285 e. The first-order chi connectivity index (χ1) is 3.83. The summed E-state index contributed by atoms with van der Waals surface area (Å²) in [5.74, 6) is 0. The fraction of sp³-hybridized carbons (Fsp3) is 0.200. The van der Waals surface area contributed by atoms with Gasteiger partial charge in [0, 0.05) is 21.3 Å². The largest absolute Gasteiger partial charge is 0.326 e. The lowest BCUT2D eigenvalue weighted by atomic mass is 10.5. The molecule has 0 spiro atoms. The van der Waals surface area contributed by atoms with Gasteiger partial charge in [0.25, 0.3) is 0 Å². The molecule has 0 aliphatic rings. The van der Waals surface area contributed by atoms with Crippen molar-refractivity contribution in [3.8, 4) is 0 Å². The number of thiophene rings is 1. The van der Waals surface area contributed by atoms with Gasteiger partial charge in [0.05, 0.1) is 0 Å². The van der Waals surface area contributed by atoms with Gasteiger partial charge in [0.15, 0.2) is 0 Å². The molecule has 2 N–H and O–H groups in total. The molecule has 0 saturated heterocycles. The van der Waals surface area contributed by atoms with Gasteiger partial charge in [-0.1, -0.05) is 0 Å². The molecule has 0 radical (unpaired) electrons. The molecule has 0 amide bonds. The fourth-order valence-electron chi connectivity index (χ4n) is 0.461. The van der Waals surface area contributed by atoms with Gasteiger partial charge in [0.2, 0.25) is 0 Å². The molecular weight excluding hydrogens is 186 g/mol. The maximum atomic E-state index is 5.35. The topological polar surface area (TPSA) is 26.0 Å². The predicted octanol–water partition coefficient (Wildman–Crippen LogP) is 1.97. The lowest BCUT2D eigenvalue weighted by Gasteiger charge is -1.80. The number of hydrogen-bond acceptors (Lipinski definition) is 2. The van der Waals surface area contributed by atoms with Crippen molar-refractivity contribution in [2.75, 3.05) is 0 Å². The van der Waals surface area contributed by atoms with E-state index in [1.54, 1.807) is 11.3 Å². The molecule has 0 fully saturated rings. The van der Waals surface area contributed by atoms with E-state index >= 15 is 0 Å². The van der Waals surface area contributed by atoms with Gasteiger partial charge in [-0.25, -0.2) is 0 Å². The number of halogens is 1. The maximum absolute atomic E-state index is 5.35. The van der Waals surface area contributed by atoms with Gasteiger partial charge in [-0.05, 0) is 22.0 Å². The van der Waals surface area contributed by atoms with E-state index < -0.39 is 0 Å². The first kappa shape index (κ1) is 6.26. The summed E-state index contributed by atoms with van der Waals surface area (Å²) in [4.78, 5) is 1.22. The lowest BCUT2D eigenvalue weighted by molar-refractivity contribution is 1.11. The second-order valence-electron chi connectivity index (χ2n) is 1.44. The molecule has 1 nitrogen and oxygen atoms in total. The Morgan fingerprint density at radius 1 is 1.75 bits per heavy atom. The number of hydrogen-bond donors (Lipinski definition) is 1. The van der Waals surface area contributed by atoms with Crippen molar-refractivity contribution in [3.05, 3.63) is 20.8 Å². The van der Waals surface area contributed by atoms with E-state index in [1.165, 1.54) is 4.88 Å². The van der Waals surface area contributed by atoms with Crippen LogP contribution in [0.1, 0.15) is 4.88 Å². The monoisotopic (exact) mass is 191 g/mol. The molecule has 0 atom stereocenters. The minimum atomic E-state index is 0.649. The average Bonchev–Trinajstić information content (AvgIpc) is 2.14. The van der Waals surface area contributed by atoms with Crippen LogP contribution >= 0.6 is 27.3 Å². The molecule has 0 aliphatic carbocycles. The van der Waals surface area contributed by atoms with Gasteiger partial charge in [-0.2, -0.15) is 0 Å². The normalized spacial score (nSPS) is 9.75. The van der Waals surface area contributed by atoms with Crippen LogP contribution in [-0.4, -0.2) is 0 Å². The molecule has 0 unspecified atom stereocenters. The maximum Gasteiger partial charge on any atom is 0.0285 e. The molecule has 1 aromatic heterocycles. The van der Waals surface area contributed by atoms with Crippen LogP contribution in [0, 0.1) is 0 Å². The first-order valence-electron chi connectivity index (χ1n) is 2.26. The molecule has 44 valence electrons. The molecule has 8 heavy (non-hydrogen) atoms. The summed E-state index contributed by atoms with van der Waals surface area (Å²) in [5, 5.41) is 2.03. The molecule has 0 saturated carbocycles. The summed E-state index contributed by atoms with van der Waals surface area (Å²) in [5.41, 5.74) is 5.35. The highest BCUT2D eigenvalue weighted by molar-refractivity contribution is 9.10. The van der Waals surface area contributed by atoms with Gasteiger partial charge < -0.3 is 5.73 Å². The second-order valence-corrected chi connectivity index (χ2v) is 3.35. The Labute approximate surface area is 60.6 Å². The zero-order valence-electron chi connectivity index (χ0n) is 4.23. The Hall–Kier alpha value is 0.140. The van der Waals surface area contributed by atoms with E-state index in [4.69, 9.17) is 5.73 Å². The van der Waals surface area contributed by atoms with Crippen molar-refractivity contribution in [1.29, 1.82) is 0 Å². The Balaban J connectivity index is 2.84. The first-order valence-corrected chi connectivity index (χ1v) is 3.93. The van der Waals surface area contributed by atoms with Crippen molar-refractivity contribution in [3.63, 3.8) is 0 Å². The van der Waals surface area contributed by atoms with Crippen LogP contribution in [-0.2, 0) is 6.54 Å². The van der Waals surface area contributed by atoms with Crippen molar-refractivity contribution in [1.82, 2.24) is 0 Å². The van der Waals surface area contributed by atoms with E-state index in [9.17, 15) is 0 Å². The van der Waals surface area contributed by atoms with E-state index in [0.717, 1.165) is 4.47 Å². The van der Waals surface area contributed by atoms with E-state index in [-0.39, 0.29) is 0 Å². The van der Waals surface area contributed by atoms with Crippen LogP contribution in [0.4, 0.5) is 0 Å². The highest BCUT2D eigenvalue weighted by atomic mass is 79.9. The van der Waals surface area contributed by atoms with Crippen LogP contribution in [0.5, 0.6) is 0 Å². The summed E-state index contributed by atoms with van der Waals surface area (Å²) in [6.45, 7) is 0.649. The van der Waals surface area contributed by atoms with Crippen LogP contribution in [0.2, 0.25) is 0 Å². The molecule has 0 bridgehead atoms. The molecule has 1 rings (SSSR count). The van der Waals surface area contributed by atoms with Gasteiger partial charge in [-0.15, -0.1) is 11.3 Å². The highest BCUT2D eigenvalue weighted by Gasteiger charge is 1.91. The molecule has 0 aromatic carbocycles. The zero-order valence-corrected chi connectivity index (χ0v) is 6.63. The summed E-state index contributed by atoms with van der Waals surface area (Å²) >= 11 is 5.01. The Morgan fingerprint density at radius 2 is 2.50 bits per heavy atom. The fourth-order valence-corrected chi connectivity index (χ4v) is 1.79. The third-order valence-corrected chi connectivity index (χ3v) is 2.54. The minimum absolute atomic E-state index is 0.649. The average molecular weight is 192 g/mol. The quantitative estimate of drug-likeness (QED) is 0.723.